The largest absolute Gasteiger partial charge is 0.465 e. The van der Waals surface area contributed by atoms with Gasteiger partial charge in [0.1, 0.15) is 23.5 Å². The van der Waals surface area contributed by atoms with E-state index in [-0.39, 0.29) is 25.4 Å². The normalized spacial score (nSPS) is 15.9. The van der Waals surface area contributed by atoms with Crippen molar-refractivity contribution in [3.63, 3.8) is 0 Å². The Kier molecular flexibility index (Phi) is 11.0. The molecule has 1 N–H and O–H groups in total. The molecule has 10 heteroatoms. The van der Waals surface area contributed by atoms with Crippen LogP contribution in [-0.2, 0) is 38.6 Å². The molecule has 0 aromatic heterocycles. The highest BCUT2D eigenvalue weighted by atomic mass is 19.1. The van der Waals surface area contributed by atoms with Gasteiger partial charge in [-0.05, 0) is 79.6 Å². The molecule has 0 saturated heterocycles. The zero-order valence-corrected chi connectivity index (χ0v) is 29.0. The van der Waals surface area contributed by atoms with Gasteiger partial charge in [0.25, 0.3) is 0 Å². The number of nitrogens with one attached hydrogen (secondary N) is 1. The Hall–Kier alpha value is -4.73. The molecule has 0 saturated carbocycles. The molecule has 48 heavy (non-hydrogen) atoms. The molecule has 0 radical (unpaired) electrons. The third kappa shape index (κ3) is 8.79. The Morgan fingerprint density at radius 3 is 2.08 bits per heavy atom. The summed E-state index contributed by atoms with van der Waals surface area (Å²) in [6.45, 7) is 13.0. The van der Waals surface area contributed by atoms with Crippen molar-refractivity contribution >= 4 is 23.9 Å². The maximum Gasteiger partial charge on any atom is 0.408 e. The predicted molar refractivity (Wildman–Crippen MR) is 180 cm³/mol. The van der Waals surface area contributed by atoms with Crippen LogP contribution in [0.15, 0.2) is 72.8 Å². The average molecular weight is 660 g/mol. The van der Waals surface area contributed by atoms with Gasteiger partial charge in [0.2, 0.25) is 11.8 Å². The molecule has 256 valence electrons. The molecule has 3 aromatic carbocycles. The summed E-state index contributed by atoms with van der Waals surface area (Å²) in [6.07, 6.45) is -0.462. The van der Waals surface area contributed by atoms with Crippen molar-refractivity contribution in [1.82, 2.24) is 15.1 Å². The minimum Gasteiger partial charge on any atom is -0.465 e. The number of halogens is 1. The highest BCUT2D eigenvalue weighted by Crippen LogP contribution is 2.32. The second-order valence-corrected chi connectivity index (χ2v) is 14.3. The molecule has 1 aliphatic rings. The van der Waals surface area contributed by atoms with Crippen LogP contribution in [0.1, 0.15) is 87.1 Å². The summed E-state index contributed by atoms with van der Waals surface area (Å²) in [6, 6.07) is 18.0. The topological polar surface area (TPSA) is 105 Å². The van der Waals surface area contributed by atoms with Crippen LogP contribution in [-0.4, -0.2) is 58.5 Å². The summed E-state index contributed by atoms with van der Waals surface area (Å²) < 4.78 is 24.2. The van der Waals surface area contributed by atoms with Gasteiger partial charge < -0.3 is 24.6 Å². The van der Waals surface area contributed by atoms with Crippen LogP contribution in [0.25, 0.3) is 0 Å². The van der Waals surface area contributed by atoms with Crippen molar-refractivity contribution in [2.75, 3.05) is 7.11 Å². The Bertz CT molecular complexity index is 1630. The van der Waals surface area contributed by atoms with Gasteiger partial charge >= 0.3 is 12.1 Å². The predicted octanol–water partition coefficient (Wildman–Crippen LogP) is 6.60. The number of rotatable bonds is 8. The van der Waals surface area contributed by atoms with Crippen LogP contribution in [0.5, 0.6) is 0 Å². The minimum absolute atomic E-state index is 0.151. The van der Waals surface area contributed by atoms with Crippen molar-refractivity contribution in [1.29, 1.82) is 0 Å². The molecule has 0 fully saturated rings. The second-order valence-electron chi connectivity index (χ2n) is 14.3. The molecule has 0 spiro atoms. The zero-order valence-electron chi connectivity index (χ0n) is 29.0. The van der Waals surface area contributed by atoms with Crippen molar-refractivity contribution in [3.05, 3.63) is 106 Å². The van der Waals surface area contributed by atoms with Gasteiger partial charge in [-0.1, -0.05) is 69.3 Å². The molecule has 3 aromatic rings. The molecule has 3 unspecified atom stereocenters. The Morgan fingerprint density at radius 2 is 1.52 bits per heavy atom. The first-order valence-corrected chi connectivity index (χ1v) is 16.1. The van der Waals surface area contributed by atoms with Crippen LogP contribution in [0.3, 0.4) is 0 Å². The van der Waals surface area contributed by atoms with Gasteiger partial charge in [0.05, 0.1) is 18.7 Å². The lowest BCUT2D eigenvalue weighted by molar-refractivity contribution is -0.151. The number of amides is 3. The number of hydrogen-bond acceptors (Lipinski definition) is 6. The summed E-state index contributed by atoms with van der Waals surface area (Å²) in [5.41, 5.74) is 2.20. The van der Waals surface area contributed by atoms with E-state index >= 15 is 0 Å². The third-order valence-corrected chi connectivity index (χ3v) is 8.42. The summed E-state index contributed by atoms with van der Waals surface area (Å²) in [4.78, 5) is 57.7. The Morgan fingerprint density at radius 1 is 0.917 bits per heavy atom. The lowest BCUT2D eigenvalue weighted by Gasteiger charge is -2.43. The van der Waals surface area contributed by atoms with E-state index in [4.69, 9.17) is 9.47 Å². The first-order chi connectivity index (χ1) is 22.5. The van der Waals surface area contributed by atoms with E-state index < -0.39 is 52.9 Å². The Labute approximate surface area is 282 Å². The van der Waals surface area contributed by atoms with Gasteiger partial charge in [-0.25, -0.2) is 14.0 Å². The van der Waals surface area contributed by atoms with Crippen molar-refractivity contribution in [2.24, 2.45) is 5.41 Å². The summed E-state index contributed by atoms with van der Waals surface area (Å²) in [5, 5.41) is 2.79. The van der Waals surface area contributed by atoms with E-state index in [0.717, 1.165) is 16.7 Å². The molecule has 4 rings (SSSR count). The van der Waals surface area contributed by atoms with E-state index in [9.17, 15) is 23.6 Å². The van der Waals surface area contributed by atoms with E-state index in [2.05, 4.69) is 5.32 Å². The lowest BCUT2D eigenvalue weighted by Crippen LogP contribution is -2.61. The number of benzene rings is 3. The van der Waals surface area contributed by atoms with Gasteiger partial charge in [-0.3, -0.25) is 9.59 Å². The molecule has 9 nitrogen and oxygen atoms in total. The maximum absolute atomic E-state index is 14.9. The highest BCUT2D eigenvalue weighted by molar-refractivity contribution is 5.93. The van der Waals surface area contributed by atoms with Gasteiger partial charge in [-0.15, -0.1) is 0 Å². The second kappa shape index (κ2) is 14.6. The fourth-order valence-electron chi connectivity index (χ4n) is 5.79. The molecule has 0 bridgehead atoms. The number of carbonyl (C=O) groups excluding carboxylic acids is 4. The fraction of sp³-hybridized carbons (Fsp3) is 0.421. The first-order valence-electron chi connectivity index (χ1n) is 16.1. The van der Waals surface area contributed by atoms with Crippen LogP contribution < -0.4 is 5.32 Å². The van der Waals surface area contributed by atoms with Crippen molar-refractivity contribution in [3.8, 4) is 0 Å². The summed E-state index contributed by atoms with van der Waals surface area (Å²) in [5.74, 6) is -1.58. The number of nitrogens with zero attached hydrogens (tertiary/aromatic N) is 2. The minimum atomic E-state index is -0.998. The van der Waals surface area contributed by atoms with Gasteiger partial charge in [0, 0.05) is 19.5 Å². The number of hydrogen-bond donors (Lipinski definition) is 1. The average Bonchev–Trinajstić information content (AvgIpc) is 3.03. The fourth-order valence-corrected chi connectivity index (χ4v) is 5.79. The van der Waals surface area contributed by atoms with Crippen LogP contribution in [0, 0.1) is 11.2 Å². The lowest BCUT2D eigenvalue weighted by atomic mass is 9.84. The number of alkyl carbamates (subject to hydrolysis) is 1. The molecule has 1 aliphatic heterocycles. The zero-order chi connectivity index (χ0) is 35.4. The van der Waals surface area contributed by atoms with Gasteiger partial charge in [0.15, 0.2) is 0 Å². The third-order valence-electron chi connectivity index (χ3n) is 8.42. The van der Waals surface area contributed by atoms with Gasteiger partial charge in [-0.2, -0.15) is 0 Å². The quantitative estimate of drug-likeness (QED) is 0.274. The molecule has 3 amide bonds. The van der Waals surface area contributed by atoms with Crippen molar-refractivity contribution < 1.29 is 33.0 Å². The van der Waals surface area contributed by atoms with E-state index in [1.165, 1.54) is 19.2 Å². The number of esters is 1. The van der Waals surface area contributed by atoms with Crippen molar-refractivity contribution in [2.45, 2.75) is 91.7 Å². The SMILES string of the molecule is COC(=O)c1ccc(CN(C(=O)C2Cc3ccccc3CN2C(=O)C(NC(=O)OC(C)(C)C)C(C)(C)C)C(C)c2ccc(F)cc2)cc1. The highest BCUT2D eigenvalue weighted by Gasteiger charge is 2.44. The molecule has 0 aliphatic carbocycles. The summed E-state index contributed by atoms with van der Waals surface area (Å²) in [7, 11) is 1.31. The molecule has 3 atom stereocenters. The number of fused-ring (bicyclic) bond motifs is 1. The first kappa shape index (κ1) is 36.1. The van der Waals surface area contributed by atoms with Crippen LogP contribution in [0.4, 0.5) is 9.18 Å². The van der Waals surface area contributed by atoms with E-state index in [0.29, 0.717) is 11.1 Å². The maximum atomic E-state index is 14.9. The molecule has 1 heterocycles. The molecular weight excluding hydrogens is 613 g/mol. The monoisotopic (exact) mass is 659 g/mol. The standard InChI is InChI=1S/C38H46FN3O6/c1-24(26-17-19-30(39)20-18-26)41(22-25-13-15-27(16-14-25)35(45)47-8)33(43)31-21-28-11-9-10-12-29(28)23-42(31)34(44)32(37(2,3)4)40-36(46)48-38(5,6)7/h9-20,24,31-32H,21-23H2,1-8H3,(H,40,46). The number of ether oxygens (including phenoxy) is 2. The summed E-state index contributed by atoms with van der Waals surface area (Å²) >= 11 is 0. The number of carbonyl (C=O) groups is 4. The van der Waals surface area contributed by atoms with E-state index in [1.807, 2.05) is 52.0 Å². The molecular formula is C38H46FN3O6. The Balaban J connectivity index is 1.76. The van der Waals surface area contributed by atoms with Crippen LogP contribution in [0.2, 0.25) is 0 Å². The number of methoxy groups -OCH3 is 1. The van der Waals surface area contributed by atoms with Crippen LogP contribution >= 0.6 is 0 Å². The van der Waals surface area contributed by atoms with E-state index in [1.54, 1.807) is 67.0 Å². The smallest absolute Gasteiger partial charge is 0.408 e.